The smallest absolute Gasteiger partial charge is 0.178 e. The van der Waals surface area contributed by atoms with E-state index in [0.717, 1.165) is 16.9 Å². The minimum atomic E-state index is 0.0793. The molecule has 0 saturated carbocycles. The van der Waals surface area contributed by atoms with Gasteiger partial charge in [-0.15, -0.1) is 0 Å². The van der Waals surface area contributed by atoms with Gasteiger partial charge in [0.05, 0.1) is 11.2 Å². The second kappa shape index (κ2) is 3.73. The number of aromatic nitrogens is 3. The van der Waals surface area contributed by atoms with E-state index in [9.17, 15) is 5.11 Å². The fourth-order valence-electron chi connectivity index (χ4n) is 1.98. The average Bonchev–Trinajstić information content (AvgIpc) is 2.71. The molecule has 0 aliphatic heterocycles. The molecule has 5 heteroatoms. The summed E-state index contributed by atoms with van der Waals surface area (Å²) >= 11 is 0. The first-order chi connectivity index (χ1) is 8.66. The molecule has 0 aliphatic rings. The molecule has 2 heterocycles. The average molecular weight is 240 g/mol. The van der Waals surface area contributed by atoms with Gasteiger partial charge in [-0.1, -0.05) is 0 Å². The van der Waals surface area contributed by atoms with Crippen molar-refractivity contribution in [1.82, 2.24) is 14.5 Å². The van der Waals surface area contributed by atoms with Gasteiger partial charge in [-0.3, -0.25) is 0 Å². The third kappa shape index (κ3) is 1.48. The number of nitrogen functional groups attached to an aromatic ring is 1. The van der Waals surface area contributed by atoms with E-state index in [-0.39, 0.29) is 5.75 Å². The Hall–Kier alpha value is -2.56. The molecule has 1 aromatic carbocycles. The number of rotatable bonds is 1. The predicted octanol–water partition coefficient (Wildman–Crippen LogP) is 1.92. The number of nitrogens with two attached hydrogens (primary N) is 1. The highest BCUT2D eigenvalue weighted by Gasteiger charge is 2.11. The second-order valence-corrected chi connectivity index (χ2v) is 4.11. The Bertz CT molecular complexity index is 733. The van der Waals surface area contributed by atoms with Crippen molar-refractivity contribution in [2.75, 3.05) is 5.73 Å². The van der Waals surface area contributed by atoms with Gasteiger partial charge in [-0.25, -0.2) is 9.97 Å². The molecule has 0 amide bonds. The Kier molecular flexibility index (Phi) is 2.19. The number of anilines is 1. The van der Waals surface area contributed by atoms with E-state index in [1.807, 2.05) is 23.7 Å². The van der Waals surface area contributed by atoms with E-state index in [0.29, 0.717) is 11.3 Å². The molecule has 0 bridgehead atoms. The van der Waals surface area contributed by atoms with Crippen LogP contribution in [0.2, 0.25) is 0 Å². The van der Waals surface area contributed by atoms with Crippen LogP contribution in [0.3, 0.4) is 0 Å². The normalized spacial score (nSPS) is 10.9. The quantitative estimate of drug-likeness (QED) is 0.503. The van der Waals surface area contributed by atoms with Crippen LogP contribution in [0.1, 0.15) is 0 Å². The lowest BCUT2D eigenvalue weighted by atomic mass is 10.2. The Balaban J connectivity index is 2.25. The van der Waals surface area contributed by atoms with Gasteiger partial charge in [0.2, 0.25) is 0 Å². The summed E-state index contributed by atoms with van der Waals surface area (Å²) < 4.78 is 1.95. The van der Waals surface area contributed by atoms with Crippen molar-refractivity contribution in [2.45, 2.75) is 0 Å². The van der Waals surface area contributed by atoms with Crippen LogP contribution in [0, 0.1) is 0 Å². The molecule has 0 radical (unpaired) electrons. The van der Waals surface area contributed by atoms with Crippen LogP contribution in [0.15, 0.2) is 36.5 Å². The largest absolute Gasteiger partial charge is 0.506 e. The van der Waals surface area contributed by atoms with Crippen molar-refractivity contribution in [2.24, 2.45) is 7.05 Å². The van der Waals surface area contributed by atoms with E-state index in [1.165, 1.54) is 0 Å². The zero-order valence-corrected chi connectivity index (χ0v) is 9.83. The van der Waals surface area contributed by atoms with E-state index in [1.54, 1.807) is 24.4 Å². The summed E-state index contributed by atoms with van der Waals surface area (Å²) in [6, 6.07) is 8.89. The number of aryl methyl sites for hydroxylation is 1. The van der Waals surface area contributed by atoms with Gasteiger partial charge in [-0.05, 0) is 30.3 Å². The summed E-state index contributed by atoms with van der Waals surface area (Å²) in [4.78, 5) is 8.68. The van der Waals surface area contributed by atoms with Gasteiger partial charge >= 0.3 is 0 Å². The Morgan fingerprint density at radius 1 is 1.28 bits per heavy atom. The number of phenols is 1. The second-order valence-electron chi connectivity index (χ2n) is 4.11. The monoisotopic (exact) mass is 240 g/mol. The molecular weight excluding hydrogens is 228 g/mol. The number of phenolic OH excluding ortho intramolecular Hbond substituents is 1. The molecular formula is C13H12N4O. The fraction of sp³-hybridized carbons (Fsp3) is 0.0769. The third-order valence-corrected chi connectivity index (χ3v) is 2.94. The number of pyridine rings is 1. The maximum absolute atomic E-state index is 9.44. The molecule has 0 fully saturated rings. The van der Waals surface area contributed by atoms with Gasteiger partial charge in [-0.2, -0.15) is 0 Å². The number of imidazole rings is 1. The molecule has 2 aromatic heterocycles. The van der Waals surface area contributed by atoms with Gasteiger partial charge in [0.25, 0.3) is 0 Å². The van der Waals surface area contributed by atoms with Crippen LogP contribution in [0.4, 0.5) is 5.69 Å². The first-order valence-electron chi connectivity index (χ1n) is 5.53. The molecule has 0 atom stereocenters. The number of hydrogen-bond acceptors (Lipinski definition) is 4. The van der Waals surface area contributed by atoms with Gasteiger partial charge in [0.15, 0.2) is 5.65 Å². The molecule has 3 aromatic rings. The highest BCUT2D eigenvalue weighted by molar-refractivity contribution is 5.78. The van der Waals surface area contributed by atoms with Crippen LogP contribution in [0.25, 0.3) is 22.6 Å². The van der Waals surface area contributed by atoms with Crippen LogP contribution in [-0.2, 0) is 7.05 Å². The summed E-state index contributed by atoms with van der Waals surface area (Å²) in [5.74, 6) is 0.853. The van der Waals surface area contributed by atoms with Crippen molar-refractivity contribution < 1.29 is 5.11 Å². The Morgan fingerprint density at radius 3 is 2.83 bits per heavy atom. The summed E-state index contributed by atoms with van der Waals surface area (Å²) in [6.07, 6.45) is 1.71. The Morgan fingerprint density at radius 2 is 2.11 bits per heavy atom. The Labute approximate surface area is 104 Å². The minimum absolute atomic E-state index is 0.0793. The van der Waals surface area contributed by atoms with Crippen molar-refractivity contribution in [3.05, 3.63) is 36.5 Å². The highest BCUT2D eigenvalue weighted by atomic mass is 16.3. The van der Waals surface area contributed by atoms with Gasteiger partial charge < -0.3 is 15.4 Å². The van der Waals surface area contributed by atoms with E-state index >= 15 is 0 Å². The maximum Gasteiger partial charge on any atom is 0.178 e. The zero-order chi connectivity index (χ0) is 12.7. The predicted molar refractivity (Wildman–Crippen MR) is 70.0 cm³/mol. The lowest BCUT2D eigenvalue weighted by Crippen LogP contribution is -1.94. The zero-order valence-electron chi connectivity index (χ0n) is 9.83. The third-order valence-electron chi connectivity index (χ3n) is 2.94. The SMILES string of the molecule is Cn1c(-c2ccc(O)c(N)c2)nc2ncccc21. The van der Waals surface area contributed by atoms with Crippen molar-refractivity contribution >= 4 is 16.9 Å². The fourth-order valence-corrected chi connectivity index (χ4v) is 1.98. The molecule has 3 rings (SSSR count). The molecule has 5 nitrogen and oxygen atoms in total. The molecule has 0 aliphatic carbocycles. The van der Waals surface area contributed by atoms with Crippen LogP contribution in [0.5, 0.6) is 5.75 Å². The number of aromatic hydroxyl groups is 1. The molecule has 0 spiro atoms. The first-order valence-corrected chi connectivity index (χ1v) is 5.53. The lowest BCUT2D eigenvalue weighted by molar-refractivity contribution is 0.478. The van der Waals surface area contributed by atoms with Gasteiger partial charge in [0, 0.05) is 18.8 Å². The van der Waals surface area contributed by atoms with E-state index in [2.05, 4.69) is 9.97 Å². The van der Waals surface area contributed by atoms with E-state index in [4.69, 9.17) is 5.73 Å². The first kappa shape index (κ1) is 10.6. The van der Waals surface area contributed by atoms with Crippen molar-refractivity contribution in [3.63, 3.8) is 0 Å². The minimum Gasteiger partial charge on any atom is -0.506 e. The highest BCUT2D eigenvalue weighted by Crippen LogP contribution is 2.28. The molecule has 18 heavy (non-hydrogen) atoms. The van der Waals surface area contributed by atoms with Crippen molar-refractivity contribution in [3.8, 4) is 17.1 Å². The van der Waals surface area contributed by atoms with Crippen LogP contribution in [-0.4, -0.2) is 19.6 Å². The van der Waals surface area contributed by atoms with Crippen LogP contribution < -0.4 is 5.73 Å². The standard InChI is InChI=1S/C13H12N4O/c1-17-10-3-2-6-15-12(10)16-13(17)8-4-5-11(18)9(14)7-8/h2-7,18H,14H2,1H3. The molecule has 0 saturated heterocycles. The summed E-state index contributed by atoms with van der Waals surface area (Å²) in [5, 5.41) is 9.44. The topological polar surface area (TPSA) is 77.0 Å². The lowest BCUT2D eigenvalue weighted by Gasteiger charge is -2.04. The number of hydrogen-bond donors (Lipinski definition) is 2. The van der Waals surface area contributed by atoms with Crippen molar-refractivity contribution in [1.29, 1.82) is 0 Å². The molecule has 0 unspecified atom stereocenters. The maximum atomic E-state index is 9.44. The molecule has 90 valence electrons. The van der Waals surface area contributed by atoms with Gasteiger partial charge in [0.1, 0.15) is 11.6 Å². The number of nitrogens with zero attached hydrogens (tertiary/aromatic N) is 3. The summed E-state index contributed by atoms with van der Waals surface area (Å²) in [7, 11) is 1.93. The van der Waals surface area contributed by atoms with E-state index < -0.39 is 0 Å². The van der Waals surface area contributed by atoms with Crippen LogP contribution >= 0.6 is 0 Å². The number of benzene rings is 1. The molecule has 3 N–H and O–H groups in total. The summed E-state index contributed by atoms with van der Waals surface area (Å²) in [6.45, 7) is 0. The summed E-state index contributed by atoms with van der Waals surface area (Å²) in [5.41, 5.74) is 8.55. The number of fused-ring (bicyclic) bond motifs is 1.